The lowest BCUT2D eigenvalue weighted by Gasteiger charge is -2.26. The third kappa shape index (κ3) is 4.58. The summed E-state index contributed by atoms with van der Waals surface area (Å²) in [5.41, 5.74) is 1.40. The van der Waals surface area contributed by atoms with Gasteiger partial charge in [0.05, 0.1) is 31.2 Å². The van der Waals surface area contributed by atoms with Crippen LogP contribution in [-0.2, 0) is 9.59 Å². The van der Waals surface area contributed by atoms with E-state index in [1.807, 2.05) is 6.07 Å². The van der Waals surface area contributed by atoms with Crippen molar-refractivity contribution in [2.75, 3.05) is 26.2 Å². The molecule has 2 aromatic carbocycles. The number of likely N-dealkylation sites (tertiary alicyclic amines) is 1. The molecule has 0 bridgehead atoms. The van der Waals surface area contributed by atoms with Crippen molar-refractivity contribution in [1.29, 1.82) is 0 Å². The zero-order chi connectivity index (χ0) is 21.7. The molecule has 5 nitrogen and oxygen atoms in total. The first-order valence-corrected chi connectivity index (χ1v) is 10.8. The number of halogens is 1. The SMILES string of the molecule is CC[NH+](CC)CCCN1C(=O)C(=O)C(=C(O)c2ccccc2)[C@@H]1c1ccc(Cl)cc1. The topological polar surface area (TPSA) is 62.0 Å². The first kappa shape index (κ1) is 22.1. The molecule has 1 heterocycles. The molecule has 1 fully saturated rings. The van der Waals surface area contributed by atoms with Crippen LogP contribution in [0, 0.1) is 0 Å². The molecule has 1 aliphatic rings. The van der Waals surface area contributed by atoms with Gasteiger partial charge in [-0.25, -0.2) is 0 Å². The molecule has 2 N–H and O–H groups in total. The Hall–Kier alpha value is -2.63. The predicted octanol–water partition coefficient (Wildman–Crippen LogP) is 3.08. The maximum absolute atomic E-state index is 13.0. The van der Waals surface area contributed by atoms with Crippen LogP contribution in [0.1, 0.15) is 37.4 Å². The number of quaternary nitrogens is 1. The maximum atomic E-state index is 13.0. The van der Waals surface area contributed by atoms with Gasteiger partial charge in [0.1, 0.15) is 5.76 Å². The summed E-state index contributed by atoms with van der Waals surface area (Å²) in [5, 5.41) is 11.5. The molecule has 1 amide bonds. The zero-order valence-corrected chi connectivity index (χ0v) is 18.2. The number of nitrogens with zero attached hydrogens (tertiary/aromatic N) is 1. The van der Waals surface area contributed by atoms with Gasteiger partial charge < -0.3 is 14.9 Å². The molecule has 0 radical (unpaired) electrons. The van der Waals surface area contributed by atoms with Gasteiger partial charge in [-0.1, -0.05) is 54.1 Å². The predicted molar refractivity (Wildman–Crippen MR) is 118 cm³/mol. The van der Waals surface area contributed by atoms with Crippen LogP contribution < -0.4 is 4.90 Å². The van der Waals surface area contributed by atoms with Crippen LogP contribution in [0.15, 0.2) is 60.2 Å². The third-order valence-corrected chi connectivity index (χ3v) is 5.95. The fraction of sp³-hybridized carbons (Fsp3) is 0.333. The second-order valence-corrected chi connectivity index (χ2v) is 7.91. The van der Waals surface area contributed by atoms with E-state index in [1.165, 1.54) is 4.90 Å². The Morgan fingerprint density at radius 1 is 1.03 bits per heavy atom. The molecule has 30 heavy (non-hydrogen) atoms. The Kier molecular flexibility index (Phi) is 7.29. The van der Waals surface area contributed by atoms with Crippen LogP contribution in [-0.4, -0.2) is 47.9 Å². The largest absolute Gasteiger partial charge is 0.507 e. The summed E-state index contributed by atoms with van der Waals surface area (Å²) in [4.78, 5) is 28.9. The second-order valence-electron chi connectivity index (χ2n) is 7.47. The Balaban J connectivity index is 2.00. The summed E-state index contributed by atoms with van der Waals surface area (Å²) in [6, 6.07) is 15.3. The molecular formula is C24H28ClN2O3+. The maximum Gasteiger partial charge on any atom is 0.295 e. The first-order valence-electron chi connectivity index (χ1n) is 10.4. The minimum absolute atomic E-state index is 0.128. The lowest BCUT2D eigenvalue weighted by atomic mass is 9.95. The molecule has 0 aromatic heterocycles. The highest BCUT2D eigenvalue weighted by atomic mass is 35.5. The van der Waals surface area contributed by atoms with Crippen molar-refractivity contribution in [1.82, 2.24) is 4.90 Å². The molecule has 3 rings (SSSR count). The van der Waals surface area contributed by atoms with E-state index < -0.39 is 17.7 Å². The van der Waals surface area contributed by atoms with Crippen LogP contribution in [0.2, 0.25) is 5.02 Å². The molecule has 0 spiro atoms. The van der Waals surface area contributed by atoms with Gasteiger partial charge in [0, 0.05) is 23.6 Å². The van der Waals surface area contributed by atoms with Gasteiger partial charge in [0.2, 0.25) is 0 Å². The van der Waals surface area contributed by atoms with Crippen LogP contribution in [0.3, 0.4) is 0 Å². The molecule has 6 heteroatoms. The average Bonchev–Trinajstić information content (AvgIpc) is 3.02. The molecule has 1 saturated heterocycles. The van der Waals surface area contributed by atoms with Crippen molar-refractivity contribution in [3.63, 3.8) is 0 Å². The smallest absolute Gasteiger partial charge is 0.295 e. The number of rotatable bonds is 8. The molecule has 1 atom stereocenters. The fourth-order valence-electron chi connectivity index (χ4n) is 3.96. The summed E-state index contributed by atoms with van der Waals surface area (Å²) < 4.78 is 0. The monoisotopic (exact) mass is 427 g/mol. The third-order valence-electron chi connectivity index (χ3n) is 5.70. The van der Waals surface area contributed by atoms with Crippen molar-refractivity contribution in [3.8, 4) is 0 Å². The number of carbonyl (C=O) groups is 2. The van der Waals surface area contributed by atoms with Gasteiger partial charge in [-0.2, -0.15) is 0 Å². The van der Waals surface area contributed by atoms with Gasteiger partial charge in [0.15, 0.2) is 0 Å². The van der Waals surface area contributed by atoms with Gasteiger partial charge in [-0.05, 0) is 31.5 Å². The number of carbonyl (C=O) groups excluding carboxylic acids is 2. The lowest BCUT2D eigenvalue weighted by Crippen LogP contribution is -3.11. The lowest BCUT2D eigenvalue weighted by molar-refractivity contribution is -0.896. The van der Waals surface area contributed by atoms with E-state index >= 15 is 0 Å². The number of Topliss-reactive ketones (excluding diaryl/α,β-unsaturated/α-hetero) is 1. The number of nitrogens with one attached hydrogen (secondary N) is 1. The normalized spacial score (nSPS) is 18.4. The van der Waals surface area contributed by atoms with Gasteiger partial charge >= 0.3 is 0 Å². The van der Waals surface area contributed by atoms with E-state index in [0.717, 1.165) is 31.6 Å². The Bertz CT molecular complexity index is 921. The molecule has 0 aliphatic carbocycles. The number of hydrogen-bond acceptors (Lipinski definition) is 3. The van der Waals surface area contributed by atoms with Crippen molar-refractivity contribution in [3.05, 3.63) is 76.3 Å². The summed E-state index contributed by atoms with van der Waals surface area (Å²) >= 11 is 6.05. The Morgan fingerprint density at radius 2 is 1.67 bits per heavy atom. The van der Waals surface area contributed by atoms with Crippen LogP contribution in [0.4, 0.5) is 0 Å². The van der Waals surface area contributed by atoms with E-state index in [1.54, 1.807) is 53.4 Å². The Labute approximate surface area is 182 Å². The Morgan fingerprint density at radius 3 is 2.27 bits per heavy atom. The van der Waals surface area contributed by atoms with Crippen molar-refractivity contribution < 1.29 is 19.6 Å². The van der Waals surface area contributed by atoms with Crippen LogP contribution in [0.25, 0.3) is 5.76 Å². The molecule has 0 unspecified atom stereocenters. The van der Waals surface area contributed by atoms with E-state index in [0.29, 0.717) is 17.1 Å². The highest BCUT2D eigenvalue weighted by Crippen LogP contribution is 2.39. The van der Waals surface area contributed by atoms with Crippen LogP contribution >= 0.6 is 11.6 Å². The van der Waals surface area contributed by atoms with E-state index in [9.17, 15) is 14.7 Å². The molecule has 0 saturated carbocycles. The van der Waals surface area contributed by atoms with Gasteiger partial charge in [-0.15, -0.1) is 0 Å². The highest BCUT2D eigenvalue weighted by molar-refractivity contribution is 6.46. The van der Waals surface area contributed by atoms with Crippen molar-refractivity contribution in [2.45, 2.75) is 26.3 Å². The minimum atomic E-state index is -0.647. The minimum Gasteiger partial charge on any atom is -0.507 e. The first-order chi connectivity index (χ1) is 14.5. The quantitative estimate of drug-likeness (QED) is 0.386. The molecule has 158 valence electrons. The number of aliphatic hydroxyl groups is 1. The van der Waals surface area contributed by atoms with Crippen molar-refractivity contribution >= 4 is 29.1 Å². The summed E-state index contributed by atoms with van der Waals surface area (Å²) in [7, 11) is 0. The average molecular weight is 428 g/mol. The number of aliphatic hydroxyl groups excluding tert-OH is 1. The zero-order valence-electron chi connectivity index (χ0n) is 17.4. The summed E-state index contributed by atoms with van der Waals surface area (Å²) in [6.07, 6.45) is 0.777. The van der Waals surface area contributed by atoms with E-state index in [2.05, 4.69) is 13.8 Å². The van der Waals surface area contributed by atoms with Crippen molar-refractivity contribution in [2.24, 2.45) is 0 Å². The summed E-state index contributed by atoms with van der Waals surface area (Å²) in [5.74, 6) is -1.36. The molecular weight excluding hydrogens is 400 g/mol. The molecule has 1 aliphatic heterocycles. The van der Waals surface area contributed by atoms with E-state index in [-0.39, 0.29) is 11.3 Å². The van der Waals surface area contributed by atoms with Crippen LogP contribution in [0.5, 0.6) is 0 Å². The fourth-order valence-corrected chi connectivity index (χ4v) is 4.08. The number of ketones is 1. The standard InChI is InChI=1S/C24H27ClN2O3/c1-3-26(4-2)15-8-16-27-21(17-11-13-19(25)14-12-17)20(23(29)24(27)30)22(28)18-9-6-5-7-10-18/h5-7,9-14,21,28H,3-4,8,15-16H2,1-2H3/p+1/t21-/m0/s1. The second kappa shape index (κ2) is 9.92. The van der Waals surface area contributed by atoms with E-state index in [4.69, 9.17) is 11.6 Å². The number of benzene rings is 2. The number of amides is 1. The van der Waals surface area contributed by atoms with Gasteiger partial charge in [0.25, 0.3) is 11.7 Å². The molecule has 2 aromatic rings. The van der Waals surface area contributed by atoms with Gasteiger partial charge in [-0.3, -0.25) is 9.59 Å². The summed E-state index contributed by atoms with van der Waals surface area (Å²) in [6.45, 7) is 7.68. The number of hydrogen-bond donors (Lipinski definition) is 2. The highest BCUT2D eigenvalue weighted by Gasteiger charge is 2.45.